The molecular formula is C8H8N2O5S. The summed E-state index contributed by atoms with van der Waals surface area (Å²) in [5, 5.41) is 15.1. The second kappa shape index (κ2) is 4.29. The van der Waals surface area contributed by atoms with Crippen LogP contribution in [0.25, 0.3) is 0 Å². The molecule has 0 atom stereocenters. The Morgan fingerprint density at radius 3 is 2.31 bits per heavy atom. The first-order valence-electron chi connectivity index (χ1n) is 3.98. The lowest BCUT2D eigenvalue weighted by molar-refractivity contribution is -0.147. The molecule has 0 aliphatic carbocycles. The lowest BCUT2D eigenvalue weighted by Crippen LogP contribution is -2.24. The predicted molar refractivity (Wildman–Crippen MR) is 54.1 cm³/mol. The van der Waals surface area contributed by atoms with Crippen LogP contribution in [0.1, 0.15) is 0 Å². The first-order valence-corrected chi connectivity index (χ1v) is 5.53. The van der Waals surface area contributed by atoms with Gasteiger partial charge in [-0.05, 0) is 12.1 Å². The molecule has 0 saturated carbocycles. The van der Waals surface area contributed by atoms with Gasteiger partial charge in [0, 0.05) is 0 Å². The second-order valence-electron chi connectivity index (χ2n) is 2.80. The summed E-state index contributed by atoms with van der Waals surface area (Å²) in [5.74, 6) is -3.06. The number of carbonyl (C=O) groups excluding carboxylic acids is 1. The van der Waals surface area contributed by atoms with Gasteiger partial charge in [0.15, 0.2) is 0 Å². The Kier molecular flexibility index (Phi) is 3.25. The number of hydrogen-bond acceptors (Lipinski definition) is 4. The number of carbonyl (C=O) groups is 2. The van der Waals surface area contributed by atoms with Gasteiger partial charge >= 0.3 is 11.9 Å². The number of nitrogens with two attached hydrogens (primary N) is 1. The van der Waals surface area contributed by atoms with E-state index in [0.29, 0.717) is 0 Å². The van der Waals surface area contributed by atoms with E-state index in [0.717, 1.165) is 6.07 Å². The fraction of sp³-hybridized carbons (Fsp3) is 0. The third kappa shape index (κ3) is 2.78. The predicted octanol–water partition coefficient (Wildman–Crippen LogP) is -0.643. The summed E-state index contributed by atoms with van der Waals surface area (Å²) in [7, 11) is -4.01. The van der Waals surface area contributed by atoms with E-state index in [-0.39, 0.29) is 10.6 Å². The van der Waals surface area contributed by atoms with Gasteiger partial charge in [-0.1, -0.05) is 12.1 Å². The standard InChI is InChI=1S/C8H8N2O5S/c9-16(14,15)6-4-2-1-3-5(6)10-7(11)8(12)13/h1-4H,(H,10,11)(H,12,13)(H2,9,14,15). The van der Waals surface area contributed by atoms with Crippen molar-refractivity contribution in [3.63, 3.8) is 0 Å². The van der Waals surface area contributed by atoms with E-state index in [1.807, 2.05) is 5.32 Å². The van der Waals surface area contributed by atoms with Gasteiger partial charge in [-0.25, -0.2) is 18.4 Å². The number of para-hydroxylation sites is 1. The molecule has 0 spiro atoms. The summed E-state index contributed by atoms with van der Waals surface area (Å²) in [4.78, 5) is 20.8. The van der Waals surface area contributed by atoms with Crippen LogP contribution in [0.4, 0.5) is 5.69 Å². The van der Waals surface area contributed by atoms with E-state index in [9.17, 15) is 18.0 Å². The molecular weight excluding hydrogens is 236 g/mol. The van der Waals surface area contributed by atoms with Crippen LogP contribution in [0.5, 0.6) is 0 Å². The molecule has 0 heterocycles. The maximum Gasteiger partial charge on any atom is 0.394 e. The van der Waals surface area contributed by atoms with Gasteiger partial charge in [0.1, 0.15) is 4.90 Å². The fourth-order valence-electron chi connectivity index (χ4n) is 0.994. The van der Waals surface area contributed by atoms with Crippen LogP contribution >= 0.6 is 0 Å². The molecule has 0 bridgehead atoms. The molecule has 1 aromatic rings. The lowest BCUT2D eigenvalue weighted by atomic mass is 10.3. The zero-order valence-electron chi connectivity index (χ0n) is 7.88. The number of rotatable bonds is 2. The third-order valence-electron chi connectivity index (χ3n) is 1.64. The summed E-state index contributed by atoms with van der Waals surface area (Å²) in [6.45, 7) is 0. The molecule has 1 amide bonds. The molecule has 4 N–H and O–H groups in total. The van der Waals surface area contributed by atoms with Crippen LogP contribution in [-0.4, -0.2) is 25.4 Å². The highest BCUT2D eigenvalue weighted by molar-refractivity contribution is 7.89. The maximum absolute atomic E-state index is 11.1. The van der Waals surface area contributed by atoms with Crippen LogP contribution in [0.15, 0.2) is 29.2 Å². The molecule has 0 fully saturated rings. The Bertz CT molecular complexity index is 537. The zero-order chi connectivity index (χ0) is 12.3. The highest BCUT2D eigenvalue weighted by Gasteiger charge is 2.17. The number of sulfonamides is 1. The van der Waals surface area contributed by atoms with Gasteiger partial charge in [-0.15, -0.1) is 0 Å². The fourth-order valence-corrected chi connectivity index (χ4v) is 1.69. The van der Waals surface area contributed by atoms with Crippen LogP contribution in [-0.2, 0) is 19.6 Å². The highest BCUT2D eigenvalue weighted by atomic mass is 32.2. The minimum Gasteiger partial charge on any atom is -0.474 e. The molecule has 1 rings (SSSR count). The Labute approximate surface area is 90.9 Å². The van der Waals surface area contributed by atoms with Crippen LogP contribution in [0.3, 0.4) is 0 Å². The van der Waals surface area contributed by atoms with Crippen LogP contribution in [0.2, 0.25) is 0 Å². The summed E-state index contributed by atoms with van der Waals surface area (Å²) in [5.41, 5.74) is -0.169. The highest BCUT2D eigenvalue weighted by Crippen LogP contribution is 2.18. The largest absolute Gasteiger partial charge is 0.474 e. The smallest absolute Gasteiger partial charge is 0.394 e. The summed E-state index contributed by atoms with van der Waals surface area (Å²) in [6.07, 6.45) is 0. The summed E-state index contributed by atoms with van der Waals surface area (Å²) < 4.78 is 22.2. The normalized spacial score (nSPS) is 10.8. The number of carboxylic acid groups (broad SMARTS) is 1. The van der Waals surface area contributed by atoms with Crippen molar-refractivity contribution in [2.45, 2.75) is 4.90 Å². The average molecular weight is 244 g/mol. The number of benzene rings is 1. The molecule has 7 nitrogen and oxygen atoms in total. The van der Waals surface area contributed by atoms with Gasteiger partial charge in [-0.3, -0.25) is 4.79 Å². The number of hydrogen-bond donors (Lipinski definition) is 3. The molecule has 0 aromatic heterocycles. The van der Waals surface area contributed by atoms with E-state index in [1.54, 1.807) is 0 Å². The minimum absolute atomic E-state index is 0.169. The summed E-state index contributed by atoms with van der Waals surface area (Å²) >= 11 is 0. The average Bonchev–Trinajstić information content (AvgIpc) is 2.16. The molecule has 8 heteroatoms. The molecule has 0 aliphatic rings. The lowest BCUT2D eigenvalue weighted by Gasteiger charge is -2.06. The van der Waals surface area contributed by atoms with E-state index < -0.39 is 21.9 Å². The first kappa shape index (κ1) is 12.1. The third-order valence-corrected chi connectivity index (χ3v) is 2.61. The van der Waals surface area contributed by atoms with Crippen molar-refractivity contribution in [3.8, 4) is 0 Å². The Morgan fingerprint density at radius 1 is 1.25 bits per heavy atom. The first-order chi connectivity index (χ1) is 7.32. The molecule has 16 heavy (non-hydrogen) atoms. The van der Waals surface area contributed by atoms with Gasteiger partial charge in [0.05, 0.1) is 5.69 Å². The number of nitrogens with one attached hydrogen (secondary N) is 1. The van der Waals surface area contributed by atoms with Crippen LogP contribution < -0.4 is 10.5 Å². The Balaban J connectivity index is 3.16. The number of anilines is 1. The minimum atomic E-state index is -4.01. The zero-order valence-corrected chi connectivity index (χ0v) is 8.69. The van der Waals surface area contributed by atoms with E-state index >= 15 is 0 Å². The molecule has 1 aromatic carbocycles. The second-order valence-corrected chi connectivity index (χ2v) is 4.33. The maximum atomic E-state index is 11.1. The molecule has 86 valence electrons. The van der Waals surface area contributed by atoms with Crippen molar-refractivity contribution >= 4 is 27.6 Å². The van der Waals surface area contributed by atoms with Gasteiger partial charge in [0.25, 0.3) is 0 Å². The monoisotopic (exact) mass is 244 g/mol. The van der Waals surface area contributed by atoms with Crippen molar-refractivity contribution in [3.05, 3.63) is 24.3 Å². The van der Waals surface area contributed by atoms with Crippen molar-refractivity contribution in [1.82, 2.24) is 0 Å². The van der Waals surface area contributed by atoms with Gasteiger partial charge in [-0.2, -0.15) is 0 Å². The quantitative estimate of drug-likeness (QED) is 0.596. The number of amides is 1. The van der Waals surface area contributed by atoms with Crippen molar-refractivity contribution < 1.29 is 23.1 Å². The number of primary sulfonamides is 1. The van der Waals surface area contributed by atoms with Crippen molar-refractivity contribution in [2.24, 2.45) is 5.14 Å². The Hall–Kier alpha value is -1.93. The molecule has 0 unspecified atom stereocenters. The number of carboxylic acids is 1. The van der Waals surface area contributed by atoms with E-state index in [2.05, 4.69) is 0 Å². The SMILES string of the molecule is NS(=O)(=O)c1ccccc1NC(=O)C(=O)O. The van der Waals surface area contributed by atoms with Gasteiger partial charge in [0.2, 0.25) is 10.0 Å². The van der Waals surface area contributed by atoms with E-state index in [1.165, 1.54) is 18.2 Å². The van der Waals surface area contributed by atoms with Crippen molar-refractivity contribution in [1.29, 1.82) is 0 Å². The van der Waals surface area contributed by atoms with Crippen molar-refractivity contribution in [2.75, 3.05) is 5.32 Å². The van der Waals surface area contributed by atoms with Gasteiger partial charge < -0.3 is 10.4 Å². The van der Waals surface area contributed by atoms with Crippen LogP contribution in [0, 0.1) is 0 Å². The Morgan fingerprint density at radius 2 is 1.81 bits per heavy atom. The molecule has 0 radical (unpaired) electrons. The number of aliphatic carboxylic acids is 1. The molecule has 0 aliphatic heterocycles. The van der Waals surface area contributed by atoms with E-state index in [4.69, 9.17) is 10.2 Å². The summed E-state index contributed by atoms with van der Waals surface area (Å²) in [6, 6.07) is 5.23. The topological polar surface area (TPSA) is 127 Å². The molecule has 0 saturated heterocycles.